The second-order valence-corrected chi connectivity index (χ2v) is 5.97. The van der Waals surface area contributed by atoms with Crippen LogP contribution in [-0.2, 0) is 0 Å². The Morgan fingerprint density at radius 2 is 2.21 bits per heavy atom. The van der Waals surface area contributed by atoms with Crippen LogP contribution in [0.25, 0.3) is 0 Å². The predicted molar refractivity (Wildman–Crippen MR) is 81.4 cm³/mol. The van der Waals surface area contributed by atoms with Crippen LogP contribution in [0.1, 0.15) is 36.5 Å². The van der Waals surface area contributed by atoms with Gasteiger partial charge in [0.15, 0.2) is 0 Å². The van der Waals surface area contributed by atoms with Crippen LogP contribution in [0.4, 0.5) is 0 Å². The van der Waals surface area contributed by atoms with Crippen LogP contribution in [0.5, 0.6) is 0 Å². The smallest absolute Gasteiger partial charge is 0.252 e. The van der Waals surface area contributed by atoms with Gasteiger partial charge in [-0.05, 0) is 54.4 Å². The van der Waals surface area contributed by atoms with Crippen LogP contribution in [0.15, 0.2) is 28.7 Å². The number of carbonyl (C=O) groups excluding carboxylic acids is 1. The molecule has 19 heavy (non-hydrogen) atoms. The van der Waals surface area contributed by atoms with Gasteiger partial charge in [-0.3, -0.25) is 9.69 Å². The van der Waals surface area contributed by atoms with Crippen LogP contribution in [0.3, 0.4) is 0 Å². The largest absolute Gasteiger partial charge is 0.351 e. The summed E-state index contributed by atoms with van der Waals surface area (Å²) in [5.41, 5.74) is 0.703. The average molecular weight is 325 g/mol. The molecule has 3 nitrogen and oxygen atoms in total. The zero-order valence-corrected chi connectivity index (χ0v) is 12.9. The van der Waals surface area contributed by atoms with Gasteiger partial charge in [0.1, 0.15) is 0 Å². The molecule has 1 amide bonds. The highest BCUT2D eigenvalue weighted by Crippen LogP contribution is 2.16. The minimum atomic E-state index is -0.00265. The normalized spacial score (nSPS) is 20.2. The lowest BCUT2D eigenvalue weighted by Gasteiger charge is -2.33. The van der Waals surface area contributed by atoms with Crippen LogP contribution in [-0.4, -0.2) is 36.5 Å². The maximum absolute atomic E-state index is 12.0. The van der Waals surface area contributed by atoms with Gasteiger partial charge in [0.05, 0.1) is 5.56 Å². The molecule has 1 N–H and O–H groups in total. The van der Waals surface area contributed by atoms with Gasteiger partial charge in [-0.1, -0.05) is 18.6 Å². The Bertz CT molecular complexity index is 436. The number of benzene rings is 1. The molecule has 1 fully saturated rings. The topological polar surface area (TPSA) is 32.3 Å². The van der Waals surface area contributed by atoms with Gasteiger partial charge >= 0.3 is 0 Å². The fourth-order valence-corrected chi connectivity index (χ4v) is 3.01. The summed E-state index contributed by atoms with van der Waals surface area (Å²) in [7, 11) is 0. The van der Waals surface area contributed by atoms with Gasteiger partial charge in [0, 0.05) is 23.6 Å². The van der Waals surface area contributed by atoms with Crippen molar-refractivity contribution in [2.75, 3.05) is 19.6 Å². The molecular formula is C15H21BrN2O. The van der Waals surface area contributed by atoms with E-state index in [1.54, 1.807) is 0 Å². The molecular weight excluding hydrogens is 304 g/mol. The molecule has 0 aromatic heterocycles. The van der Waals surface area contributed by atoms with Gasteiger partial charge in [-0.15, -0.1) is 0 Å². The van der Waals surface area contributed by atoms with Gasteiger partial charge in [-0.2, -0.15) is 0 Å². The summed E-state index contributed by atoms with van der Waals surface area (Å²) in [5.74, 6) is -0.00265. The van der Waals surface area contributed by atoms with Crippen molar-refractivity contribution in [3.05, 3.63) is 34.3 Å². The van der Waals surface area contributed by atoms with E-state index in [2.05, 4.69) is 33.1 Å². The third-order valence-corrected chi connectivity index (χ3v) is 4.44. The summed E-state index contributed by atoms with van der Waals surface area (Å²) in [6.07, 6.45) is 3.89. The van der Waals surface area contributed by atoms with Crippen LogP contribution in [0.2, 0.25) is 0 Å². The van der Waals surface area contributed by atoms with Crippen LogP contribution >= 0.6 is 15.9 Å². The highest BCUT2D eigenvalue weighted by atomic mass is 79.9. The molecule has 0 unspecified atom stereocenters. The number of nitrogens with one attached hydrogen (secondary N) is 1. The Morgan fingerprint density at radius 3 is 2.95 bits per heavy atom. The van der Waals surface area contributed by atoms with E-state index in [1.807, 2.05) is 24.3 Å². The van der Waals surface area contributed by atoms with E-state index in [1.165, 1.54) is 19.3 Å². The number of piperidine rings is 1. The Balaban J connectivity index is 1.79. The maximum atomic E-state index is 12.0. The third-order valence-electron chi connectivity index (χ3n) is 3.74. The summed E-state index contributed by atoms with van der Waals surface area (Å²) in [6.45, 7) is 5.09. The highest BCUT2D eigenvalue weighted by Gasteiger charge is 2.17. The first-order valence-corrected chi connectivity index (χ1v) is 7.74. The number of likely N-dealkylation sites (tertiary alicyclic amines) is 1. The molecule has 104 valence electrons. The molecule has 4 heteroatoms. The number of rotatable bonds is 4. The quantitative estimate of drug-likeness (QED) is 0.923. The zero-order chi connectivity index (χ0) is 13.7. The fourth-order valence-electron chi connectivity index (χ4n) is 2.54. The van der Waals surface area contributed by atoms with Crippen molar-refractivity contribution in [1.82, 2.24) is 10.2 Å². The first-order chi connectivity index (χ1) is 9.18. The Hall–Kier alpha value is -0.870. The van der Waals surface area contributed by atoms with Crippen molar-refractivity contribution in [3.8, 4) is 0 Å². The predicted octanol–water partition coefficient (Wildman–Crippen LogP) is 3.05. The van der Waals surface area contributed by atoms with Gasteiger partial charge in [-0.25, -0.2) is 0 Å². The first kappa shape index (κ1) is 14.5. The molecule has 1 aromatic carbocycles. The number of carbonyl (C=O) groups is 1. The first-order valence-electron chi connectivity index (χ1n) is 6.95. The van der Waals surface area contributed by atoms with E-state index in [-0.39, 0.29) is 5.91 Å². The summed E-state index contributed by atoms with van der Waals surface area (Å²) in [4.78, 5) is 14.5. The van der Waals surface area contributed by atoms with Crippen molar-refractivity contribution < 1.29 is 4.79 Å². The molecule has 1 aliphatic heterocycles. The maximum Gasteiger partial charge on any atom is 0.252 e. The minimum Gasteiger partial charge on any atom is -0.351 e. The molecule has 0 saturated carbocycles. The van der Waals surface area contributed by atoms with Crippen molar-refractivity contribution in [2.45, 2.75) is 32.2 Å². The van der Waals surface area contributed by atoms with E-state index >= 15 is 0 Å². The third kappa shape index (κ3) is 4.05. The molecule has 1 saturated heterocycles. The van der Waals surface area contributed by atoms with Crippen molar-refractivity contribution in [1.29, 1.82) is 0 Å². The summed E-state index contributed by atoms with van der Waals surface area (Å²) >= 11 is 3.40. The lowest BCUT2D eigenvalue weighted by atomic mass is 10.0. The minimum absolute atomic E-state index is 0.00265. The van der Waals surface area contributed by atoms with Crippen molar-refractivity contribution >= 4 is 21.8 Å². The van der Waals surface area contributed by atoms with Gasteiger partial charge < -0.3 is 5.32 Å². The van der Waals surface area contributed by atoms with E-state index in [9.17, 15) is 4.79 Å². The number of nitrogens with zero attached hydrogens (tertiary/aromatic N) is 1. The summed E-state index contributed by atoms with van der Waals surface area (Å²) in [6, 6.07) is 8.17. The van der Waals surface area contributed by atoms with E-state index in [4.69, 9.17) is 0 Å². The van der Waals surface area contributed by atoms with E-state index in [0.29, 0.717) is 18.2 Å². The average Bonchev–Trinajstić information content (AvgIpc) is 2.41. The Morgan fingerprint density at radius 1 is 1.42 bits per heavy atom. The summed E-state index contributed by atoms with van der Waals surface area (Å²) < 4.78 is 0.846. The SMILES string of the molecule is C[C@H]1CCCCN1CCNC(=O)c1ccccc1Br. The molecule has 2 rings (SSSR count). The van der Waals surface area contributed by atoms with Crippen molar-refractivity contribution in [3.63, 3.8) is 0 Å². The van der Waals surface area contributed by atoms with E-state index in [0.717, 1.165) is 17.6 Å². The zero-order valence-electron chi connectivity index (χ0n) is 11.4. The molecule has 1 atom stereocenters. The highest BCUT2D eigenvalue weighted by molar-refractivity contribution is 9.10. The molecule has 0 radical (unpaired) electrons. The van der Waals surface area contributed by atoms with Crippen LogP contribution < -0.4 is 5.32 Å². The molecule has 0 bridgehead atoms. The Labute approximate surface area is 123 Å². The molecule has 0 aliphatic carbocycles. The number of amides is 1. The van der Waals surface area contributed by atoms with E-state index < -0.39 is 0 Å². The van der Waals surface area contributed by atoms with Gasteiger partial charge in [0.25, 0.3) is 5.91 Å². The lowest BCUT2D eigenvalue weighted by molar-refractivity contribution is 0.0937. The number of hydrogen-bond acceptors (Lipinski definition) is 2. The Kier molecular flexibility index (Phi) is 5.40. The molecule has 0 spiro atoms. The monoisotopic (exact) mass is 324 g/mol. The molecule has 1 aliphatic rings. The second kappa shape index (κ2) is 7.06. The molecule has 1 aromatic rings. The summed E-state index contributed by atoms with van der Waals surface area (Å²) in [5, 5.41) is 3.00. The van der Waals surface area contributed by atoms with Gasteiger partial charge in [0.2, 0.25) is 0 Å². The standard InChI is InChI=1S/C15H21BrN2O/c1-12-6-4-5-10-18(12)11-9-17-15(19)13-7-2-3-8-14(13)16/h2-3,7-8,12H,4-6,9-11H2,1H3,(H,17,19)/t12-/m0/s1. The molecule has 1 heterocycles. The van der Waals surface area contributed by atoms with Crippen LogP contribution in [0, 0.1) is 0 Å². The number of hydrogen-bond donors (Lipinski definition) is 1. The number of halogens is 1. The second-order valence-electron chi connectivity index (χ2n) is 5.12. The fraction of sp³-hybridized carbons (Fsp3) is 0.533. The van der Waals surface area contributed by atoms with Crippen molar-refractivity contribution in [2.24, 2.45) is 0 Å². The lowest BCUT2D eigenvalue weighted by Crippen LogP contribution is -2.42.